The second-order valence-corrected chi connectivity index (χ2v) is 4.67. The third kappa shape index (κ3) is 4.06. The molecule has 0 fully saturated rings. The zero-order valence-corrected chi connectivity index (χ0v) is 10.2. The van der Waals surface area contributed by atoms with Crippen LogP contribution in [-0.2, 0) is 5.41 Å². The zero-order valence-electron chi connectivity index (χ0n) is 10.2. The highest BCUT2D eigenvalue weighted by atomic mass is 19.3. The van der Waals surface area contributed by atoms with Crippen LogP contribution >= 0.6 is 0 Å². The smallest absolute Gasteiger partial charge is 0.251 e. The molecule has 17 heavy (non-hydrogen) atoms. The van der Waals surface area contributed by atoms with E-state index in [0.717, 1.165) is 5.56 Å². The molecule has 4 heteroatoms. The first-order valence-electron chi connectivity index (χ1n) is 5.61. The Hall–Kier alpha value is -1.00. The van der Waals surface area contributed by atoms with E-state index in [-0.39, 0.29) is 13.2 Å². The summed E-state index contributed by atoms with van der Waals surface area (Å²) in [4.78, 5) is 1.55. The van der Waals surface area contributed by atoms with Crippen LogP contribution in [0.5, 0.6) is 0 Å². The Kier molecular flexibility index (Phi) is 5.02. The van der Waals surface area contributed by atoms with Crippen molar-refractivity contribution in [2.24, 2.45) is 0 Å². The van der Waals surface area contributed by atoms with Gasteiger partial charge in [-0.1, -0.05) is 37.3 Å². The van der Waals surface area contributed by atoms with E-state index in [1.807, 2.05) is 37.3 Å². The fourth-order valence-electron chi connectivity index (χ4n) is 1.97. The summed E-state index contributed by atoms with van der Waals surface area (Å²) >= 11 is 0. The van der Waals surface area contributed by atoms with E-state index in [2.05, 4.69) is 0 Å². The second kappa shape index (κ2) is 6.07. The lowest BCUT2D eigenvalue weighted by Crippen LogP contribution is -2.41. The Morgan fingerprint density at radius 2 is 1.88 bits per heavy atom. The van der Waals surface area contributed by atoms with Crippen LogP contribution in [0.2, 0.25) is 0 Å². The summed E-state index contributed by atoms with van der Waals surface area (Å²) in [6.45, 7) is 1.94. The third-order valence-corrected chi connectivity index (χ3v) is 2.89. The number of aliphatic hydroxyl groups excluding tert-OH is 1. The van der Waals surface area contributed by atoms with Gasteiger partial charge < -0.3 is 5.11 Å². The van der Waals surface area contributed by atoms with Gasteiger partial charge in [-0.3, -0.25) is 4.90 Å². The first kappa shape index (κ1) is 14.1. The first-order valence-corrected chi connectivity index (χ1v) is 5.61. The minimum atomic E-state index is -2.35. The molecule has 96 valence electrons. The maximum absolute atomic E-state index is 12.3. The van der Waals surface area contributed by atoms with Crippen molar-refractivity contribution in [3.05, 3.63) is 35.9 Å². The van der Waals surface area contributed by atoms with Gasteiger partial charge in [-0.25, -0.2) is 8.78 Å². The lowest BCUT2D eigenvalue weighted by Gasteiger charge is -2.32. The van der Waals surface area contributed by atoms with Crippen molar-refractivity contribution in [2.45, 2.75) is 18.8 Å². The van der Waals surface area contributed by atoms with E-state index in [4.69, 9.17) is 0 Å². The van der Waals surface area contributed by atoms with Gasteiger partial charge in [0, 0.05) is 12.0 Å². The van der Waals surface area contributed by atoms with Crippen LogP contribution in [0, 0.1) is 0 Å². The van der Waals surface area contributed by atoms with Crippen molar-refractivity contribution in [1.29, 1.82) is 0 Å². The average molecular weight is 243 g/mol. The van der Waals surface area contributed by atoms with Crippen LogP contribution in [0.4, 0.5) is 8.78 Å². The Balaban J connectivity index is 2.76. The SMILES string of the molecule is CN(CC(F)F)CC(C)(CO)c1ccccc1. The van der Waals surface area contributed by atoms with Gasteiger partial charge in [0.25, 0.3) is 6.43 Å². The molecular weight excluding hydrogens is 224 g/mol. The third-order valence-electron chi connectivity index (χ3n) is 2.89. The largest absolute Gasteiger partial charge is 0.395 e. The lowest BCUT2D eigenvalue weighted by molar-refractivity contribution is 0.0796. The van der Waals surface area contributed by atoms with Crippen LogP contribution in [0.15, 0.2) is 30.3 Å². The molecule has 1 unspecified atom stereocenters. The highest BCUT2D eigenvalue weighted by molar-refractivity contribution is 5.25. The molecule has 0 amide bonds. The van der Waals surface area contributed by atoms with Crippen molar-refractivity contribution in [3.8, 4) is 0 Å². The van der Waals surface area contributed by atoms with Gasteiger partial charge in [0.15, 0.2) is 0 Å². The Labute approximate surface area is 101 Å². The monoisotopic (exact) mass is 243 g/mol. The van der Waals surface area contributed by atoms with E-state index >= 15 is 0 Å². The Bertz CT molecular complexity index is 331. The molecule has 0 heterocycles. The summed E-state index contributed by atoms with van der Waals surface area (Å²) in [7, 11) is 1.64. The van der Waals surface area contributed by atoms with Crippen molar-refractivity contribution in [3.63, 3.8) is 0 Å². The molecule has 0 saturated heterocycles. The fourth-order valence-corrected chi connectivity index (χ4v) is 1.97. The molecule has 0 aliphatic heterocycles. The number of likely N-dealkylation sites (N-methyl/N-ethyl adjacent to an activating group) is 1. The first-order chi connectivity index (χ1) is 7.98. The van der Waals surface area contributed by atoms with Crippen LogP contribution < -0.4 is 0 Å². The maximum Gasteiger partial charge on any atom is 0.251 e. The van der Waals surface area contributed by atoms with E-state index in [1.165, 1.54) is 0 Å². The second-order valence-electron chi connectivity index (χ2n) is 4.67. The topological polar surface area (TPSA) is 23.5 Å². The molecule has 1 atom stereocenters. The average Bonchev–Trinajstić information content (AvgIpc) is 2.29. The molecular formula is C13H19F2NO. The number of nitrogens with zero attached hydrogens (tertiary/aromatic N) is 1. The van der Waals surface area contributed by atoms with Gasteiger partial charge in [-0.05, 0) is 12.6 Å². The van der Waals surface area contributed by atoms with Crippen molar-refractivity contribution in [2.75, 3.05) is 26.7 Å². The Morgan fingerprint density at radius 1 is 1.29 bits per heavy atom. The van der Waals surface area contributed by atoms with Crippen LogP contribution in [-0.4, -0.2) is 43.2 Å². The molecule has 1 N–H and O–H groups in total. The molecule has 1 aromatic rings. The van der Waals surface area contributed by atoms with E-state index < -0.39 is 11.8 Å². The van der Waals surface area contributed by atoms with E-state index in [0.29, 0.717) is 6.54 Å². The fraction of sp³-hybridized carbons (Fsp3) is 0.538. The summed E-state index contributed by atoms with van der Waals surface area (Å²) in [5.41, 5.74) is 0.453. The minimum Gasteiger partial charge on any atom is -0.395 e. The predicted molar refractivity (Wildman–Crippen MR) is 64.4 cm³/mol. The van der Waals surface area contributed by atoms with Gasteiger partial charge in [0.2, 0.25) is 0 Å². The lowest BCUT2D eigenvalue weighted by atomic mass is 9.83. The molecule has 2 nitrogen and oxygen atoms in total. The number of hydrogen-bond acceptors (Lipinski definition) is 2. The summed E-state index contributed by atoms with van der Waals surface area (Å²) in [5.74, 6) is 0. The highest BCUT2D eigenvalue weighted by Crippen LogP contribution is 2.24. The standard InChI is InChI=1S/C13H19F2NO/c1-13(10-17,9-16(2)8-12(14)15)11-6-4-3-5-7-11/h3-7,12,17H,8-10H2,1-2H3. The quantitative estimate of drug-likeness (QED) is 0.827. The zero-order chi connectivity index (χ0) is 12.9. The summed E-state index contributed by atoms with van der Waals surface area (Å²) in [6.07, 6.45) is -2.35. The number of hydrogen-bond donors (Lipinski definition) is 1. The molecule has 0 aliphatic carbocycles. The molecule has 0 saturated carbocycles. The summed E-state index contributed by atoms with van der Waals surface area (Å²) < 4.78 is 24.5. The van der Waals surface area contributed by atoms with Crippen molar-refractivity contribution >= 4 is 0 Å². The maximum atomic E-state index is 12.3. The summed E-state index contributed by atoms with van der Waals surface area (Å²) in [5, 5.41) is 9.51. The van der Waals surface area contributed by atoms with Gasteiger partial charge >= 0.3 is 0 Å². The minimum absolute atomic E-state index is 0.0649. The van der Waals surface area contributed by atoms with E-state index in [9.17, 15) is 13.9 Å². The number of alkyl halides is 2. The number of rotatable bonds is 6. The van der Waals surface area contributed by atoms with Gasteiger partial charge in [-0.2, -0.15) is 0 Å². The molecule has 0 aliphatic rings. The molecule has 0 spiro atoms. The molecule has 1 rings (SSSR count). The normalized spacial score (nSPS) is 15.2. The van der Waals surface area contributed by atoms with Gasteiger partial charge in [0.05, 0.1) is 13.2 Å². The number of benzene rings is 1. The van der Waals surface area contributed by atoms with Crippen LogP contribution in [0.1, 0.15) is 12.5 Å². The molecule has 0 bridgehead atoms. The van der Waals surface area contributed by atoms with Crippen molar-refractivity contribution < 1.29 is 13.9 Å². The van der Waals surface area contributed by atoms with E-state index in [1.54, 1.807) is 11.9 Å². The summed E-state index contributed by atoms with van der Waals surface area (Å²) in [6, 6.07) is 9.48. The number of aliphatic hydroxyl groups is 1. The van der Waals surface area contributed by atoms with Gasteiger partial charge in [-0.15, -0.1) is 0 Å². The van der Waals surface area contributed by atoms with Crippen LogP contribution in [0.25, 0.3) is 0 Å². The Morgan fingerprint density at radius 3 is 2.35 bits per heavy atom. The van der Waals surface area contributed by atoms with Crippen LogP contribution in [0.3, 0.4) is 0 Å². The number of halogens is 2. The molecule has 0 aromatic heterocycles. The predicted octanol–water partition coefficient (Wildman–Crippen LogP) is 2.13. The molecule has 0 radical (unpaired) electrons. The van der Waals surface area contributed by atoms with Crippen molar-refractivity contribution in [1.82, 2.24) is 4.90 Å². The van der Waals surface area contributed by atoms with Gasteiger partial charge in [0.1, 0.15) is 0 Å². The molecule has 1 aromatic carbocycles. The highest BCUT2D eigenvalue weighted by Gasteiger charge is 2.28.